The van der Waals surface area contributed by atoms with E-state index in [1.54, 1.807) is 0 Å². The standard InChI is InChI=1S/C20H37N3O27S4/c24-3-5-14(11(27)8(23-53(38,39)40)18(46-5)44-2-1-21-51(32,33)34)48-20-13(29)12(28)15(16(50-20)17(30)31)49-19-7(22-52(35,36)37)10(26)9(25)6(47-19)4-45-54(41,42)43/h5-16,18-29H,1-4H2,(H,30,31)(H,32,33,34)(H,35,36,37)(H,38,39,40)(H,41,42,43)/p-5/t5-,6-,7-,8-,9-,10-,11-,12-,13-,14-,15+,16+,18-,19-,20-/m1/s1. The van der Waals surface area contributed by atoms with Crippen molar-refractivity contribution in [1.29, 1.82) is 0 Å². The number of carbonyl (C=O) groups is 1. The maximum Gasteiger partial charge on any atom is 0.217 e. The van der Waals surface area contributed by atoms with E-state index in [4.69, 9.17) is 28.4 Å². The molecule has 0 aromatic carbocycles. The molecule has 318 valence electrons. The third kappa shape index (κ3) is 13.3. The molecule has 3 heterocycles. The minimum atomic E-state index is -5.60. The molecule has 0 amide bonds. The predicted molar refractivity (Wildman–Crippen MR) is 150 cm³/mol. The minimum Gasteiger partial charge on any atom is -0.735 e. The lowest BCUT2D eigenvalue weighted by Crippen LogP contribution is -2.70. The average molecular weight is 875 g/mol. The summed E-state index contributed by atoms with van der Waals surface area (Å²) in [6.07, 6.45) is -30.7. The molecule has 0 aliphatic carbocycles. The van der Waals surface area contributed by atoms with E-state index in [1.165, 1.54) is 14.2 Å². The fraction of sp³-hybridized carbons (Fsp3) is 0.950. The summed E-state index contributed by atoms with van der Waals surface area (Å²) >= 11 is 0. The zero-order chi connectivity index (χ0) is 41.1. The quantitative estimate of drug-likeness (QED) is 0.0351. The number of carboxylic acids is 1. The molecule has 3 aliphatic heterocycles. The molecule has 0 saturated carbocycles. The molecule has 3 fully saturated rings. The summed E-state index contributed by atoms with van der Waals surface area (Å²) in [7, 11) is -21.6. The zero-order valence-electron chi connectivity index (χ0n) is 26.4. The van der Waals surface area contributed by atoms with Gasteiger partial charge in [0.2, 0.25) is 10.4 Å². The zero-order valence-corrected chi connectivity index (χ0v) is 29.6. The third-order valence-corrected chi connectivity index (χ3v) is 9.62. The fourth-order valence-electron chi connectivity index (χ4n) is 5.24. The van der Waals surface area contributed by atoms with Crippen LogP contribution in [0.2, 0.25) is 0 Å². The van der Waals surface area contributed by atoms with Gasteiger partial charge < -0.3 is 87.2 Å². The van der Waals surface area contributed by atoms with Crippen LogP contribution < -0.4 is 19.3 Å². The van der Waals surface area contributed by atoms with Crippen LogP contribution in [0.5, 0.6) is 0 Å². The number of hydrogen-bond acceptors (Lipinski definition) is 27. The highest BCUT2D eigenvalue weighted by molar-refractivity contribution is 7.84. The highest BCUT2D eigenvalue weighted by atomic mass is 32.3. The Labute approximate surface area is 304 Å². The van der Waals surface area contributed by atoms with E-state index < -0.39 is 166 Å². The van der Waals surface area contributed by atoms with Crippen molar-refractivity contribution >= 4 is 47.3 Å². The van der Waals surface area contributed by atoms with Crippen LogP contribution in [-0.2, 0) is 78.7 Å². The lowest BCUT2D eigenvalue weighted by Gasteiger charge is -2.49. The van der Waals surface area contributed by atoms with Crippen molar-refractivity contribution in [3.05, 3.63) is 0 Å². The van der Waals surface area contributed by atoms with Gasteiger partial charge in [-0.25, -0.2) is 47.8 Å². The molecule has 3 rings (SSSR count). The van der Waals surface area contributed by atoms with Gasteiger partial charge in [-0.15, -0.1) is 0 Å². The van der Waals surface area contributed by atoms with Gasteiger partial charge in [0.15, 0.2) is 49.8 Å². The number of carbonyl (C=O) groups excluding carboxylic acids is 1. The van der Waals surface area contributed by atoms with Crippen molar-refractivity contribution in [3.63, 3.8) is 0 Å². The first-order valence-corrected chi connectivity index (χ1v) is 20.1. The second-order valence-corrected chi connectivity index (χ2v) is 15.8. The van der Waals surface area contributed by atoms with Crippen LogP contribution in [-0.4, -0.2) is 207 Å². The van der Waals surface area contributed by atoms with Gasteiger partial charge in [0.1, 0.15) is 73.1 Å². The van der Waals surface area contributed by atoms with Crippen LogP contribution in [0.4, 0.5) is 0 Å². The number of aliphatic hydroxyl groups excluding tert-OH is 6. The second kappa shape index (κ2) is 18.4. The first kappa shape index (κ1) is 46.8. The molecule has 0 aromatic heterocycles. The van der Waals surface area contributed by atoms with Crippen molar-refractivity contribution in [3.8, 4) is 0 Å². The van der Waals surface area contributed by atoms with Crippen LogP contribution in [0.3, 0.4) is 0 Å². The number of hydrogen-bond donors (Lipinski definition) is 9. The third-order valence-electron chi connectivity index (χ3n) is 7.51. The Hall–Kier alpha value is -1.53. The molecule has 3 aliphatic rings. The van der Waals surface area contributed by atoms with E-state index in [0.717, 1.165) is 0 Å². The number of carboxylic acid groups (broad SMARTS) is 1. The topological polar surface area (TPSA) is 491 Å². The summed E-state index contributed by atoms with van der Waals surface area (Å²) in [4.78, 5) is 12.1. The Morgan fingerprint density at radius 2 is 1.19 bits per heavy atom. The normalized spacial score (nSPS) is 38.6. The van der Waals surface area contributed by atoms with Crippen molar-refractivity contribution in [2.45, 2.75) is 92.0 Å². The maximum absolute atomic E-state index is 12.1. The largest absolute Gasteiger partial charge is 0.735 e. The number of nitrogens with one attached hydrogen (secondary N) is 3. The number of aliphatic hydroxyl groups is 6. The SMILES string of the molecule is O=C([O-])[C@H]1O[C@@H](O[C@H]2[C@H](O)[C@@H](NS(=O)(=O)[O-])[C@H](OCCNS(=O)(=O)[O-])O[C@@H]2CO)[C@H](O)[C@@H](O)[C@@H]1O[C@H]1O[C@H](COS(=O)(=O)[O-])[C@@H](O)[C@H](O)[C@H]1NS(=O)(=O)[O-]. The Balaban J connectivity index is 1.87. The molecular formula is C20H32N3O27S4-5. The summed E-state index contributed by atoms with van der Waals surface area (Å²) in [5.41, 5.74) is 0. The summed E-state index contributed by atoms with van der Waals surface area (Å²) in [5, 5.41) is 75.5. The summed E-state index contributed by atoms with van der Waals surface area (Å²) < 4.78 is 173. The van der Waals surface area contributed by atoms with Crippen LogP contribution in [0.15, 0.2) is 0 Å². The van der Waals surface area contributed by atoms with Gasteiger partial charge in [-0.2, -0.15) is 0 Å². The molecule has 0 bridgehead atoms. The summed E-state index contributed by atoms with van der Waals surface area (Å²) in [5.74, 6) is -2.33. The fourth-order valence-corrected chi connectivity index (χ4v) is 7.04. The molecule has 9 N–H and O–H groups in total. The van der Waals surface area contributed by atoms with Gasteiger partial charge in [0, 0.05) is 6.54 Å². The molecule has 15 atom stereocenters. The molecule has 3 saturated heterocycles. The Morgan fingerprint density at radius 3 is 1.69 bits per heavy atom. The molecule has 0 unspecified atom stereocenters. The highest BCUT2D eigenvalue weighted by Gasteiger charge is 2.54. The average Bonchev–Trinajstić information content (AvgIpc) is 3.01. The maximum atomic E-state index is 12.1. The lowest BCUT2D eigenvalue weighted by molar-refractivity contribution is -0.381. The van der Waals surface area contributed by atoms with E-state index in [-0.39, 0.29) is 0 Å². The van der Waals surface area contributed by atoms with E-state index in [2.05, 4.69) is 4.18 Å². The van der Waals surface area contributed by atoms with Crippen molar-refractivity contribution in [1.82, 2.24) is 14.2 Å². The van der Waals surface area contributed by atoms with Gasteiger partial charge in [0.25, 0.3) is 0 Å². The molecule has 0 radical (unpaired) electrons. The van der Waals surface area contributed by atoms with Gasteiger partial charge in [-0.1, -0.05) is 0 Å². The molecule has 54 heavy (non-hydrogen) atoms. The minimum absolute atomic E-state index is 0.748. The van der Waals surface area contributed by atoms with Gasteiger partial charge in [0.05, 0.1) is 25.8 Å². The van der Waals surface area contributed by atoms with Crippen LogP contribution in [0, 0.1) is 0 Å². The van der Waals surface area contributed by atoms with E-state index in [0.29, 0.717) is 0 Å². The number of rotatable bonds is 18. The van der Waals surface area contributed by atoms with Crippen molar-refractivity contribution in [2.75, 3.05) is 26.4 Å². The van der Waals surface area contributed by atoms with Gasteiger partial charge in [-0.3, -0.25) is 4.18 Å². The molecular weight excluding hydrogens is 842 g/mol. The second-order valence-electron chi connectivity index (χ2n) is 11.3. The van der Waals surface area contributed by atoms with Crippen LogP contribution in [0.1, 0.15) is 0 Å². The van der Waals surface area contributed by atoms with Gasteiger partial charge in [-0.05, 0) is 0 Å². The molecule has 0 aromatic rings. The predicted octanol–water partition coefficient (Wildman–Crippen LogP) is -12.1. The molecule has 0 spiro atoms. The Morgan fingerprint density at radius 1 is 0.648 bits per heavy atom. The van der Waals surface area contributed by atoms with E-state index >= 15 is 0 Å². The first-order valence-electron chi connectivity index (χ1n) is 14.5. The Kier molecular flexibility index (Phi) is 15.9. The molecule has 30 nitrogen and oxygen atoms in total. The lowest BCUT2D eigenvalue weighted by atomic mass is 9.95. The number of ether oxygens (including phenoxy) is 6. The number of aliphatic carboxylic acids is 1. The van der Waals surface area contributed by atoms with Gasteiger partial charge >= 0.3 is 0 Å². The van der Waals surface area contributed by atoms with Crippen LogP contribution >= 0.6 is 0 Å². The van der Waals surface area contributed by atoms with Crippen molar-refractivity contribution in [2.24, 2.45) is 0 Å². The van der Waals surface area contributed by atoms with Crippen LogP contribution in [0.25, 0.3) is 0 Å². The monoisotopic (exact) mass is 874 g/mol. The highest BCUT2D eigenvalue weighted by Crippen LogP contribution is 2.33. The Bertz CT molecular complexity index is 1710. The summed E-state index contributed by atoms with van der Waals surface area (Å²) in [6.45, 7) is -4.08. The first-order chi connectivity index (χ1) is 24.6. The van der Waals surface area contributed by atoms with E-state index in [9.17, 15) is 92.4 Å². The molecule has 34 heteroatoms. The smallest absolute Gasteiger partial charge is 0.217 e. The summed E-state index contributed by atoms with van der Waals surface area (Å²) in [6, 6.07) is -4.59. The van der Waals surface area contributed by atoms with Crippen molar-refractivity contribution < 1.29 is 125 Å². The van der Waals surface area contributed by atoms with E-state index in [1.807, 2.05) is 0 Å².